The van der Waals surface area contributed by atoms with Gasteiger partial charge in [0.2, 0.25) is 17.7 Å². The number of carbonyl (C=O) groups excluding carboxylic acids is 3. The Labute approximate surface area is 164 Å². The van der Waals surface area contributed by atoms with Gasteiger partial charge in [0.05, 0.1) is 18.7 Å². The van der Waals surface area contributed by atoms with E-state index in [-0.39, 0.29) is 5.92 Å². The van der Waals surface area contributed by atoms with Crippen molar-refractivity contribution in [3.05, 3.63) is 0 Å². The minimum atomic E-state index is -1.49. The Kier molecular flexibility index (Phi) is 12.0. The third kappa shape index (κ3) is 9.62. The number of hydrogen-bond acceptors (Lipinski definition) is 7. The molecule has 0 fully saturated rings. The van der Waals surface area contributed by atoms with E-state index in [2.05, 4.69) is 16.0 Å². The number of nitrogens with one attached hydrogen (secondary N) is 3. The summed E-state index contributed by atoms with van der Waals surface area (Å²) in [6.45, 7) is 4.71. The van der Waals surface area contributed by atoms with Crippen LogP contribution < -0.4 is 27.4 Å². The van der Waals surface area contributed by atoms with Crippen molar-refractivity contribution in [2.45, 2.75) is 64.3 Å². The average molecular weight is 403 g/mol. The SMILES string of the molecule is CC(C)C(N)C(=O)NC(CCCCN)C(=O)NCC(=O)NC(C(=O)O)C(C)O. The number of aliphatic carboxylic acids is 1. The molecule has 0 heterocycles. The largest absolute Gasteiger partial charge is 0.480 e. The molecule has 4 atom stereocenters. The lowest BCUT2D eigenvalue weighted by atomic mass is 10.0. The van der Waals surface area contributed by atoms with Crippen LogP contribution in [-0.2, 0) is 19.2 Å². The van der Waals surface area contributed by atoms with Crippen molar-refractivity contribution < 1.29 is 29.4 Å². The van der Waals surface area contributed by atoms with E-state index in [1.165, 1.54) is 6.92 Å². The zero-order valence-corrected chi connectivity index (χ0v) is 16.6. The minimum absolute atomic E-state index is 0.119. The first-order valence-electron chi connectivity index (χ1n) is 9.25. The number of carboxylic acids is 1. The average Bonchev–Trinajstić information content (AvgIpc) is 2.61. The van der Waals surface area contributed by atoms with Crippen molar-refractivity contribution in [2.75, 3.05) is 13.1 Å². The summed E-state index contributed by atoms with van der Waals surface area (Å²) in [6.07, 6.45) is 0.247. The number of rotatable bonds is 13. The van der Waals surface area contributed by atoms with Crippen LogP contribution in [-0.4, -0.2) is 71.2 Å². The Morgan fingerprint density at radius 3 is 2.07 bits per heavy atom. The fourth-order valence-corrected chi connectivity index (χ4v) is 2.24. The molecule has 4 unspecified atom stereocenters. The lowest BCUT2D eigenvalue weighted by Gasteiger charge is -2.22. The minimum Gasteiger partial charge on any atom is -0.480 e. The van der Waals surface area contributed by atoms with Crippen LogP contribution in [0.2, 0.25) is 0 Å². The third-order valence-electron chi connectivity index (χ3n) is 4.09. The molecule has 0 aliphatic rings. The Morgan fingerprint density at radius 1 is 1.00 bits per heavy atom. The van der Waals surface area contributed by atoms with Crippen molar-refractivity contribution in [2.24, 2.45) is 17.4 Å². The van der Waals surface area contributed by atoms with Crippen LogP contribution in [0.4, 0.5) is 0 Å². The van der Waals surface area contributed by atoms with Crippen LogP contribution >= 0.6 is 0 Å². The van der Waals surface area contributed by atoms with Gasteiger partial charge >= 0.3 is 5.97 Å². The van der Waals surface area contributed by atoms with Crippen molar-refractivity contribution in [3.63, 3.8) is 0 Å². The number of hydrogen-bond donors (Lipinski definition) is 7. The van der Waals surface area contributed by atoms with Gasteiger partial charge in [-0.2, -0.15) is 0 Å². The standard InChI is InChI=1S/C17H33N5O6/c1-9(2)13(19)16(26)21-11(6-4-5-7-18)15(25)20-8-12(24)22-14(10(3)23)17(27)28/h9-11,13-14,23H,4-8,18-19H2,1-3H3,(H,20,25)(H,21,26)(H,22,24)(H,27,28). The van der Waals surface area contributed by atoms with E-state index in [9.17, 15) is 24.3 Å². The van der Waals surface area contributed by atoms with E-state index in [1.807, 2.05) is 0 Å². The molecule has 0 aromatic carbocycles. The van der Waals surface area contributed by atoms with Crippen LogP contribution in [0.25, 0.3) is 0 Å². The molecule has 28 heavy (non-hydrogen) atoms. The lowest BCUT2D eigenvalue weighted by Crippen LogP contribution is -2.55. The summed E-state index contributed by atoms with van der Waals surface area (Å²) in [6, 6.07) is -3.17. The number of aliphatic hydroxyl groups excluding tert-OH is 1. The van der Waals surface area contributed by atoms with Gasteiger partial charge < -0.3 is 37.6 Å². The van der Waals surface area contributed by atoms with E-state index >= 15 is 0 Å². The highest BCUT2D eigenvalue weighted by Crippen LogP contribution is 2.04. The second kappa shape index (κ2) is 13.0. The molecular weight excluding hydrogens is 370 g/mol. The highest BCUT2D eigenvalue weighted by molar-refractivity contribution is 5.92. The van der Waals surface area contributed by atoms with E-state index < -0.39 is 54.5 Å². The summed E-state index contributed by atoms with van der Waals surface area (Å²) in [7, 11) is 0. The molecule has 0 saturated carbocycles. The van der Waals surface area contributed by atoms with Crippen molar-refractivity contribution in [3.8, 4) is 0 Å². The molecule has 0 aliphatic carbocycles. The maximum Gasteiger partial charge on any atom is 0.328 e. The Morgan fingerprint density at radius 2 is 1.61 bits per heavy atom. The highest BCUT2D eigenvalue weighted by Gasteiger charge is 2.27. The zero-order chi connectivity index (χ0) is 21.9. The summed E-state index contributed by atoms with van der Waals surface area (Å²) in [5, 5.41) is 25.3. The summed E-state index contributed by atoms with van der Waals surface area (Å²) in [5.74, 6) is -3.38. The molecular formula is C17H33N5O6. The summed E-state index contributed by atoms with van der Waals surface area (Å²) < 4.78 is 0. The summed E-state index contributed by atoms with van der Waals surface area (Å²) >= 11 is 0. The summed E-state index contributed by atoms with van der Waals surface area (Å²) in [4.78, 5) is 47.4. The molecule has 0 bridgehead atoms. The topological polar surface area (TPSA) is 197 Å². The predicted molar refractivity (Wildman–Crippen MR) is 102 cm³/mol. The van der Waals surface area contributed by atoms with Gasteiger partial charge in [-0.1, -0.05) is 13.8 Å². The maximum absolute atomic E-state index is 12.4. The molecule has 0 saturated heterocycles. The second-order valence-corrected chi connectivity index (χ2v) is 6.96. The second-order valence-electron chi connectivity index (χ2n) is 6.96. The van der Waals surface area contributed by atoms with Gasteiger partial charge in [0.15, 0.2) is 6.04 Å². The van der Waals surface area contributed by atoms with E-state index in [4.69, 9.17) is 16.6 Å². The van der Waals surface area contributed by atoms with Crippen molar-refractivity contribution in [1.82, 2.24) is 16.0 Å². The fourth-order valence-electron chi connectivity index (χ4n) is 2.24. The first kappa shape index (κ1) is 25.8. The number of carbonyl (C=O) groups is 4. The van der Waals surface area contributed by atoms with Gasteiger partial charge in [-0.3, -0.25) is 14.4 Å². The number of nitrogens with two attached hydrogens (primary N) is 2. The molecule has 11 heteroatoms. The van der Waals surface area contributed by atoms with Gasteiger partial charge in [0.25, 0.3) is 0 Å². The first-order chi connectivity index (χ1) is 13.0. The predicted octanol–water partition coefficient (Wildman–Crippen LogP) is -2.35. The van der Waals surface area contributed by atoms with Crippen molar-refractivity contribution in [1.29, 1.82) is 0 Å². The Bertz CT molecular complexity index is 540. The van der Waals surface area contributed by atoms with Gasteiger partial charge in [0, 0.05) is 0 Å². The Hall–Kier alpha value is -2.24. The third-order valence-corrected chi connectivity index (χ3v) is 4.09. The van der Waals surface area contributed by atoms with Crippen LogP contribution in [0.1, 0.15) is 40.0 Å². The fraction of sp³-hybridized carbons (Fsp3) is 0.765. The quantitative estimate of drug-likeness (QED) is 0.166. The van der Waals surface area contributed by atoms with E-state index in [0.29, 0.717) is 25.8 Å². The number of unbranched alkanes of at least 4 members (excludes halogenated alkanes) is 1. The van der Waals surface area contributed by atoms with Crippen LogP contribution in [0.15, 0.2) is 0 Å². The molecule has 0 spiro atoms. The molecule has 0 rings (SSSR count). The normalized spacial score (nSPS) is 15.2. The molecule has 11 nitrogen and oxygen atoms in total. The highest BCUT2D eigenvalue weighted by atomic mass is 16.4. The monoisotopic (exact) mass is 403 g/mol. The molecule has 9 N–H and O–H groups in total. The molecule has 0 aromatic rings. The van der Waals surface area contributed by atoms with Crippen LogP contribution in [0.5, 0.6) is 0 Å². The van der Waals surface area contributed by atoms with Gasteiger partial charge in [0.1, 0.15) is 6.04 Å². The van der Waals surface area contributed by atoms with Crippen LogP contribution in [0.3, 0.4) is 0 Å². The van der Waals surface area contributed by atoms with E-state index in [0.717, 1.165) is 0 Å². The summed E-state index contributed by atoms with van der Waals surface area (Å²) in [5.41, 5.74) is 11.2. The smallest absolute Gasteiger partial charge is 0.328 e. The molecule has 0 aliphatic heterocycles. The first-order valence-corrected chi connectivity index (χ1v) is 9.25. The van der Waals surface area contributed by atoms with Crippen LogP contribution in [0, 0.1) is 5.92 Å². The van der Waals surface area contributed by atoms with Gasteiger partial charge in [-0.15, -0.1) is 0 Å². The number of amides is 3. The Balaban J connectivity index is 4.83. The van der Waals surface area contributed by atoms with E-state index in [1.54, 1.807) is 13.8 Å². The maximum atomic E-state index is 12.4. The molecule has 3 amide bonds. The number of carboxylic acid groups (broad SMARTS) is 1. The van der Waals surface area contributed by atoms with Gasteiger partial charge in [-0.25, -0.2) is 4.79 Å². The zero-order valence-electron chi connectivity index (χ0n) is 16.6. The van der Waals surface area contributed by atoms with Gasteiger partial charge in [-0.05, 0) is 38.6 Å². The molecule has 0 radical (unpaired) electrons. The molecule has 162 valence electrons. The molecule has 0 aromatic heterocycles. The number of aliphatic hydroxyl groups is 1. The van der Waals surface area contributed by atoms with Crippen molar-refractivity contribution >= 4 is 23.7 Å². The lowest BCUT2D eigenvalue weighted by molar-refractivity contribution is -0.144.